The number of hydrogen-bond acceptors (Lipinski definition) is 5. The first-order valence-corrected chi connectivity index (χ1v) is 10.1. The molecule has 0 spiro atoms. The minimum absolute atomic E-state index is 0.106. The highest BCUT2D eigenvalue weighted by Crippen LogP contribution is 2.24. The van der Waals surface area contributed by atoms with Gasteiger partial charge < -0.3 is 11.1 Å². The van der Waals surface area contributed by atoms with Crippen LogP contribution in [0.15, 0.2) is 59.8 Å². The van der Waals surface area contributed by atoms with E-state index in [1.54, 1.807) is 6.07 Å². The molecule has 0 unspecified atom stereocenters. The van der Waals surface area contributed by atoms with E-state index in [1.165, 1.54) is 29.2 Å². The fourth-order valence-electron chi connectivity index (χ4n) is 2.75. The van der Waals surface area contributed by atoms with E-state index in [4.69, 9.17) is 22.5 Å². The molecule has 0 saturated carbocycles. The minimum Gasteiger partial charge on any atom is -0.326 e. The normalized spacial score (nSPS) is 11.4. The fourth-order valence-corrected chi connectivity index (χ4v) is 3.63. The Kier molecular flexibility index (Phi) is 5.80. The van der Waals surface area contributed by atoms with Crippen LogP contribution in [0.2, 0.25) is 5.02 Å². The van der Waals surface area contributed by atoms with Gasteiger partial charge in [0.1, 0.15) is 4.90 Å². The number of aromatic nitrogens is 2. The molecule has 146 valence electrons. The summed E-state index contributed by atoms with van der Waals surface area (Å²) in [4.78, 5) is 12.2. The lowest BCUT2D eigenvalue weighted by Gasteiger charge is -2.12. The summed E-state index contributed by atoms with van der Waals surface area (Å²) in [6.07, 6.45) is 2.93. The summed E-state index contributed by atoms with van der Waals surface area (Å²) in [7, 11) is -4.07. The van der Waals surface area contributed by atoms with Crippen molar-refractivity contribution < 1.29 is 13.2 Å². The summed E-state index contributed by atoms with van der Waals surface area (Å²) in [6, 6.07) is 11.7. The van der Waals surface area contributed by atoms with E-state index in [1.807, 2.05) is 24.3 Å². The smallest absolute Gasteiger partial charge is 0.240 e. The zero-order valence-electron chi connectivity index (χ0n) is 14.7. The number of anilines is 1. The van der Waals surface area contributed by atoms with E-state index in [-0.39, 0.29) is 22.9 Å². The van der Waals surface area contributed by atoms with Gasteiger partial charge in [-0.1, -0.05) is 35.9 Å². The zero-order chi connectivity index (χ0) is 20.3. The van der Waals surface area contributed by atoms with Gasteiger partial charge in [-0.05, 0) is 29.3 Å². The van der Waals surface area contributed by atoms with Crippen LogP contribution in [0.1, 0.15) is 11.1 Å². The summed E-state index contributed by atoms with van der Waals surface area (Å²) in [5.74, 6) is -0.309. The Labute approximate surface area is 167 Å². The Morgan fingerprint density at radius 3 is 2.50 bits per heavy atom. The van der Waals surface area contributed by atoms with Crippen molar-refractivity contribution in [2.24, 2.45) is 10.9 Å². The van der Waals surface area contributed by atoms with Crippen LogP contribution >= 0.6 is 11.6 Å². The monoisotopic (exact) mass is 419 g/mol. The number of amides is 1. The Balaban J connectivity index is 1.88. The van der Waals surface area contributed by atoms with Crippen LogP contribution in [0, 0.1) is 0 Å². The molecule has 0 radical (unpaired) electrons. The lowest BCUT2D eigenvalue weighted by molar-refractivity contribution is -0.115. The zero-order valence-corrected chi connectivity index (χ0v) is 16.2. The molecule has 5 N–H and O–H groups in total. The molecule has 0 aliphatic rings. The van der Waals surface area contributed by atoms with E-state index in [0.29, 0.717) is 17.3 Å². The number of benzene rings is 2. The number of nitrogens with one attached hydrogen (secondary N) is 1. The molecule has 2 aromatic carbocycles. The predicted octanol–water partition coefficient (Wildman–Crippen LogP) is 1.81. The van der Waals surface area contributed by atoms with Crippen molar-refractivity contribution in [3.8, 4) is 5.69 Å². The van der Waals surface area contributed by atoms with Gasteiger partial charge in [-0.2, -0.15) is 5.10 Å². The number of primary sulfonamides is 1. The molecule has 1 amide bonds. The standard InChI is InChI=1S/C18H18ClN5O3S/c19-14-10-22-24(11-14)16-6-5-15(8-17(16)28(21,26)27)23-18(25)7-12-3-1-2-4-13(12)9-20/h1-6,8,10-11H,7,9,20H2,(H,23,25)(H2,21,26,27). The van der Waals surface area contributed by atoms with Gasteiger partial charge in [-0.15, -0.1) is 0 Å². The van der Waals surface area contributed by atoms with Crippen LogP contribution in [-0.2, 0) is 27.8 Å². The third-order valence-electron chi connectivity index (χ3n) is 4.04. The minimum atomic E-state index is -4.07. The number of carbonyl (C=O) groups is 1. The summed E-state index contributed by atoms with van der Waals surface area (Å²) in [5, 5.41) is 12.4. The molecule has 1 heterocycles. The van der Waals surface area contributed by atoms with Crippen molar-refractivity contribution in [3.05, 3.63) is 71.0 Å². The highest BCUT2D eigenvalue weighted by molar-refractivity contribution is 7.89. The average molecular weight is 420 g/mol. The molecule has 1 aromatic heterocycles. The van der Waals surface area contributed by atoms with Crippen molar-refractivity contribution in [3.63, 3.8) is 0 Å². The van der Waals surface area contributed by atoms with E-state index >= 15 is 0 Å². The quantitative estimate of drug-likeness (QED) is 0.560. The summed E-state index contributed by atoms with van der Waals surface area (Å²) < 4.78 is 25.3. The van der Waals surface area contributed by atoms with Crippen LogP contribution in [0.3, 0.4) is 0 Å². The number of halogens is 1. The Morgan fingerprint density at radius 1 is 1.18 bits per heavy atom. The SMILES string of the molecule is NCc1ccccc1CC(=O)Nc1ccc(-n2cc(Cl)cn2)c(S(N)(=O)=O)c1. The van der Waals surface area contributed by atoms with Crippen molar-refractivity contribution in [1.29, 1.82) is 0 Å². The van der Waals surface area contributed by atoms with Crippen LogP contribution in [0.4, 0.5) is 5.69 Å². The molecule has 0 saturated heterocycles. The molecule has 0 bridgehead atoms. The molecule has 10 heteroatoms. The van der Waals surface area contributed by atoms with Crippen molar-refractivity contribution in [2.45, 2.75) is 17.9 Å². The van der Waals surface area contributed by atoms with Gasteiger partial charge in [0, 0.05) is 18.4 Å². The van der Waals surface area contributed by atoms with Gasteiger partial charge >= 0.3 is 0 Å². The van der Waals surface area contributed by atoms with Gasteiger partial charge in [0.15, 0.2) is 0 Å². The highest BCUT2D eigenvalue weighted by atomic mass is 35.5. The number of nitrogens with zero attached hydrogens (tertiary/aromatic N) is 2. The third-order valence-corrected chi connectivity index (χ3v) is 5.17. The molecule has 0 aliphatic carbocycles. The second kappa shape index (κ2) is 8.11. The van der Waals surface area contributed by atoms with Crippen LogP contribution < -0.4 is 16.2 Å². The summed E-state index contributed by atoms with van der Waals surface area (Å²) >= 11 is 5.85. The van der Waals surface area contributed by atoms with Crippen molar-refractivity contribution >= 4 is 33.2 Å². The van der Waals surface area contributed by atoms with Crippen molar-refractivity contribution in [1.82, 2.24) is 9.78 Å². The second-order valence-corrected chi connectivity index (χ2v) is 7.99. The average Bonchev–Trinajstić information content (AvgIpc) is 3.07. The number of rotatable bonds is 6. The van der Waals surface area contributed by atoms with Gasteiger partial charge in [0.05, 0.1) is 23.3 Å². The maximum atomic E-state index is 12.4. The fraction of sp³-hybridized carbons (Fsp3) is 0.111. The predicted molar refractivity (Wildman–Crippen MR) is 107 cm³/mol. The van der Waals surface area contributed by atoms with Gasteiger partial charge in [-0.25, -0.2) is 18.2 Å². The largest absolute Gasteiger partial charge is 0.326 e. The van der Waals surface area contributed by atoms with E-state index in [2.05, 4.69) is 10.4 Å². The molecule has 0 atom stereocenters. The molecule has 8 nitrogen and oxygen atoms in total. The number of hydrogen-bond donors (Lipinski definition) is 3. The Morgan fingerprint density at radius 2 is 1.89 bits per heavy atom. The Bertz CT molecular complexity index is 1130. The van der Waals surface area contributed by atoms with E-state index in [9.17, 15) is 13.2 Å². The second-order valence-electron chi connectivity index (χ2n) is 6.03. The number of sulfonamides is 1. The summed E-state index contributed by atoms with van der Waals surface area (Å²) in [5.41, 5.74) is 7.88. The van der Waals surface area contributed by atoms with Gasteiger partial charge in [-0.3, -0.25) is 4.79 Å². The van der Waals surface area contributed by atoms with E-state index < -0.39 is 10.0 Å². The van der Waals surface area contributed by atoms with Gasteiger partial charge in [0.25, 0.3) is 0 Å². The maximum absolute atomic E-state index is 12.4. The van der Waals surface area contributed by atoms with Crippen LogP contribution in [0.25, 0.3) is 5.69 Å². The molecule has 0 fully saturated rings. The van der Waals surface area contributed by atoms with Crippen LogP contribution in [0.5, 0.6) is 0 Å². The van der Waals surface area contributed by atoms with Crippen LogP contribution in [-0.4, -0.2) is 24.1 Å². The summed E-state index contributed by atoms with van der Waals surface area (Å²) in [6.45, 7) is 0.320. The maximum Gasteiger partial charge on any atom is 0.240 e. The lowest BCUT2D eigenvalue weighted by Crippen LogP contribution is -2.19. The number of nitrogens with two attached hydrogens (primary N) is 2. The first-order chi connectivity index (χ1) is 13.3. The first kappa shape index (κ1) is 20.0. The van der Waals surface area contributed by atoms with Crippen molar-refractivity contribution in [2.75, 3.05) is 5.32 Å². The van der Waals surface area contributed by atoms with Gasteiger partial charge in [0.2, 0.25) is 15.9 Å². The highest BCUT2D eigenvalue weighted by Gasteiger charge is 2.18. The molecule has 3 rings (SSSR count). The lowest BCUT2D eigenvalue weighted by atomic mass is 10.0. The Hall–Kier alpha value is -2.72. The van der Waals surface area contributed by atoms with E-state index in [0.717, 1.165) is 11.1 Å². The molecule has 3 aromatic rings. The number of carbonyl (C=O) groups excluding carboxylic acids is 1. The first-order valence-electron chi connectivity index (χ1n) is 8.22. The topological polar surface area (TPSA) is 133 Å². The third kappa shape index (κ3) is 4.57. The molecule has 28 heavy (non-hydrogen) atoms. The molecular weight excluding hydrogens is 402 g/mol. The molecule has 0 aliphatic heterocycles. The molecular formula is C18H18ClN5O3S.